The number of nitrogens with zero attached hydrogens (tertiary/aromatic N) is 1. The van der Waals surface area contributed by atoms with Gasteiger partial charge < -0.3 is 16.2 Å². The van der Waals surface area contributed by atoms with E-state index in [4.69, 9.17) is 45.3 Å². The Kier molecular flexibility index (Phi) is 7.92. The lowest BCUT2D eigenvalue weighted by Gasteiger charge is -2.05. The van der Waals surface area contributed by atoms with Gasteiger partial charge in [0.15, 0.2) is 5.96 Å². The molecule has 1 aromatic carbocycles. The van der Waals surface area contributed by atoms with E-state index in [9.17, 15) is 0 Å². The molecule has 0 aliphatic heterocycles. The molecule has 8 nitrogen and oxygen atoms in total. The number of ether oxygens (including phenoxy) is 1. The second-order valence-electron chi connectivity index (χ2n) is 3.51. The zero-order chi connectivity index (χ0) is 15.8. The summed E-state index contributed by atoms with van der Waals surface area (Å²) < 4.78 is 37.0. The Balaban J connectivity index is 0.000000621. The van der Waals surface area contributed by atoms with Gasteiger partial charge in [-0.2, -0.15) is 8.42 Å². The Bertz CT molecular complexity index is 550. The van der Waals surface area contributed by atoms with Gasteiger partial charge in [0.2, 0.25) is 0 Å². The molecule has 0 aliphatic rings. The van der Waals surface area contributed by atoms with Crippen LogP contribution in [0.3, 0.4) is 0 Å². The van der Waals surface area contributed by atoms with Crippen LogP contribution in [0.15, 0.2) is 23.2 Å². The minimum Gasteiger partial charge on any atom is -0.492 e. The van der Waals surface area contributed by atoms with Crippen LogP contribution in [0, 0.1) is 6.92 Å². The summed E-state index contributed by atoms with van der Waals surface area (Å²) in [4.78, 5) is 3.79. The van der Waals surface area contributed by atoms with Gasteiger partial charge in [0, 0.05) is 5.02 Å². The third-order valence-electron chi connectivity index (χ3n) is 1.80. The normalized spacial score (nSPS) is 10.2. The number of halogens is 1. The number of hydrogen-bond donors (Lipinski definition) is 4. The molecule has 0 atom stereocenters. The Hall–Kier alpha value is -1.55. The first-order valence-electron chi connectivity index (χ1n) is 5.24. The zero-order valence-corrected chi connectivity index (χ0v) is 12.2. The van der Waals surface area contributed by atoms with E-state index in [1.165, 1.54) is 0 Å². The van der Waals surface area contributed by atoms with Crippen molar-refractivity contribution in [1.82, 2.24) is 0 Å². The molecule has 0 radical (unpaired) electrons. The van der Waals surface area contributed by atoms with Crippen molar-refractivity contribution in [2.24, 2.45) is 16.5 Å². The summed E-state index contributed by atoms with van der Waals surface area (Å²) in [7, 11) is -4.67. The molecule has 6 N–H and O–H groups in total. The molecule has 0 saturated carbocycles. The quantitative estimate of drug-likeness (QED) is 0.275. The summed E-state index contributed by atoms with van der Waals surface area (Å²) in [5.74, 6) is 0.789. The first-order chi connectivity index (χ1) is 9.09. The summed E-state index contributed by atoms with van der Waals surface area (Å²) in [6.45, 7) is 2.80. The van der Waals surface area contributed by atoms with Crippen LogP contribution in [-0.4, -0.2) is 36.6 Å². The molecule has 0 bridgehead atoms. The molecule has 0 aromatic heterocycles. The van der Waals surface area contributed by atoms with E-state index in [1.54, 1.807) is 6.07 Å². The third kappa shape index (κ3) is 11.5. The number of aliphatic imine (C=N–C) groups is 1. The molecule has 114 valence electrons. The van der Waals surface area contributed by atoms with Gasteiger partial charge in [-0.1, -0.05) is 17.7 Å². The smallest absolute Gasteiger partial charge is 0.394 e. The highest BCUT2D eigenvalue weighted by Crippen LogP contribution is 2.21. The minimum atomic E-state index is -4.67. The fourth-order valence-corrected chi connectivity index (χ4v) is 1.17. The van der Waals surface area contributed by atoms with Crippen molar-refractivity contribution in [3.05, 3.63) is 28.8 Å². The monoisotopic (exact) mass is 325 g/mol. The molecule has 0 aliphatic carbocycles. The number of rotatable bonds is 4. The highest BCUT2D eigenvalue weighted by atomic mass is 35.5. The Morgan fingerprint density at radius 1 is 1.40 bits per heavy atom. The van der Waals surface area contributed by atoms with Gasteiger partial charge in [-0.05, 0) is 24.6 Å². The number of benzene rings is 1. The van der Waals surface area contributed by atoms with E-state index in [-0.39, 0.29) is 5.96 Å². The SMILES string of the molecule is Cc1ccc(OCCN=C(N)N)cc1Cl.O=S(=O)(O)O. The first kappa shape index (κ1) is 18.4. The van der Waals surface area contributed by atoms with Gasteiger partial charge in [-0.3, -0.25) is 14.1 Å². The maximum atomic E-state index is 8.74. The predicted molar refractivity (Wildman–Crippen MR) is 76.5 cm³/mol. The van der Waals surface area contributed by atoms with Crippen molar-refractivity contribution >= 4 is 28.0 Å². The lowest BCUT2D eigenvalue weighted by molar-refractivity contribution is 0.328. The van der Waals surface area contributed by atoms with Crippen LogP contribution < -0.4 is 16.2 Å². The van der Waals surface area contributed by atoms with E-state index in [2.05, 4.69) is 4.99 Å². The van der Waals surface area contributed by atoms with Crippen LogP contribution >= 0.6 is 11.6 Å². The summed E-state index contributed by atoms with van der Waals surface area (Å²) in [5, 5.41) is 0.689. The van der Waals surface area contributed by atoms with Gasteiger partial charge in [-0.25, -0.2) is 0 Å². The molecule has 0 heterocycles. The zero-order valence-electron chi connectivity index (χ0n) is 10.7. The van der Waals surface area contributed by atoms with E-state index in [0.717, 1.165) is 11.3 Å². The molecule has 0 saturated heterocycles. The molecule has 1 aromatic rings. The van der Waals surface area contributed by atoms with Crippen molar-refractivity contribution in [2.45, 2.75) is 6.92 Å². The average molecular weight is 326 g/mol. The van der Waals surface area contributed by atoms with Gasteiger partial charge in [0.05, 0.1) is 6.54 Å². The summed E-state index contributed by atoms with van der Waals surface area (Å²) >= 11 is 5.93. The number of guanidine groups is 1. The van der Waals surface area contributed by atoms with Crippen LogP contribution in [0.1, 0.15) is 5.56 Å². The molecule has 20 heavy (non-hydrogen) atoms. The van der Waals surface area contributed by atoms with E-state index < -0.39 is 10.4 Å². The van der Waals surface area contributed by atoms with Gasteiger partial charge in [0.1, 0.15) is 12.4 Å². The number of hydrogen-bond acceptors (Lipinski definition) is 4. The van der Waals surface area contributed by atoms with Crippen molar-refractivity contribution in [1.29, 1.82) is 0 Å². The third-order valence-corrected chi connectivity index (χ3v) is 2.20. The largest absolute Gasteiger partial charge is 0.492 e. The highest BCUT2D eigenvalue weighted by Gasteiger charge is 1.98. The summed E-state index contributed by atoms with van der Waals surface area (Å²) in [5.41, 5.74) is 11.4. The molecule has 0 spiro atoms. The van der Waals surface area contributed by atoms with Gasteiger partial charge in [-0.15, -0.1) is 0 Å². The predicted octanol–water partition coefficient (Wildman–Crippen LogP) is 0.648. The van der Waals surface area contributed by atoms with Crippen molar-refractivity contribution in [3.63, 3.8) is 0 Å². The lowest BCUT2D eigenvalue weighted by Crippen LogP contribution is -2.23. The van der Waals surface area contributed by atoms with Gasteiger partial charge in [0.25, 0.3) is 0 Å². The van der Waals surface area contributed by atoms with E-state index >= 15 is 0 Å². The van der Waals surface area contributed by atoms with Crippen LogP contribution in [0.25, 0.3) is 0 Å². The second kappa shape index (κ2) is 8.59. The lowest BCUT2D eigenvalue weighted by atomic mass is 10.2. The highest BCUT2D eigenvalue weighted by molar-refractivity contribution is 7.79. The molecule has 1 rings (SSSR count). The van der Waals surface area contributed by atoms with Gasteiger partial charge >= 0.3 is 10.4 Å². The van der Waals surface area contributed by atoms with Crippen molar-refractivity contribution < 1.29 is 22.3 Å². The second-order valence-corrected chi connectivity index (χ2v) is 4.82. The molecule has 0 unspecified atom stereocenters. The van der Waals surface area contributed by atoms with E-state index in [0.29, 0.717) is 18.2 Å². The standard InChI is InChI=1S/C10H14ClN3O.H2O4S/c1-7-2-3-8(6-9(7)11)15-5-4-14-10(12)13;1-5(2,3)4/h2-3,6H,4-5H2,1H3,(H4,12,13,14);(H2,1,2,3,4). The van der Waals surface area contributed by atoms with Crippen LogP contribution in [0.2, 0.25) is 5.02 Å². The fourth-order valence-electron chi connectivity index (χ4n) is 1.00. The molecule has 0 amide bonds. The summed E-state index contributed by atoms with van der Waals surface area (Å²) in [6.07, 6.45) is 0. The molecular weight excluding hydrogens is 310 g/mol. The molecular formula is C10H16ClN3O5S. The maximum Gasteiger partial charge on any atom is 0.394 e. The maximum absolute atomic E-state index is 8.74. The number of nitrogens with two attached hydrogens (primary N) is 2. The Morgan fingerprint density at radius 3 is 2.40 bits per heavy atom. The molecule has 10 heteroatoms. The minimum absolute atomic E-state index is 0.0699. The molecule has 0 fully saturated rings. The fraction of sp³-hybridized carbons (Fsp3) is 0.300. The van der Waals surface area contributed by atoms with Crippen LogP contribution in [0.4, 0.5) is 0 Å². The Labute approximate surface area is 122 Å². The van der Waals surface area contributed by atoms with E-state index in [1.807, 2.05) is 19.1 Å². The average Bonchev–Trinajstić information content (AvgIpc) is 2.26. The topological polar surface area (TPSA) is 148 Å². The van der Waals surface area contributed by atoms with Crippen LogP contribution in [-0.2, 0) is 10.4 Å². The summed E-state index contributed by atoms with van der Waals surface area (Å²) in [6, 6.07) is 5.53. The first-order valence-corrected chi connectivity index (χ1v) is 7.01. The van der Waals surface area contributed by atoms with Crippen molar-refractivity contribution in [2.75, 3.05) is 13.2 Å². The van der Waals surface area contributed by atoms with Crippen molar-refractivity contribution in [3.8, 4) is 5.75 Å². The van der Waals surface area contributed by atoms with Crippen LogP contribution in [0.5, 0.6) is 5.75 Å². The number of aryl methyl sites for hydroxylation is 1. The Morgan fingerprint density at radius 2 is 1.95 bits per heavy atom.